The van der Waals surface area contributed by atoms with Crippen molar-refractivity contribution in [1.29, 1.82) is 0 Å². The molecule has 4 rings (SSSR count). The molecule has 1 aliphatic rings. The van der Waals surface area contributed by atoms with Crippen LogP contribution in [0.4, 0.5) is 0 Å². The van der Waals surface area contributed by atoms with Crippen LogP contribution >= 0.6 is 23.4 Å². The summed E-state index contributed by atoms with van der Waals surface area (Å²) in [4.78, 5) is 20.4. The van der Waals surface area contributed by atoms with Gasteiger partial charge in [0.05, 0.1) is 30.7 Å². The second-order valence-corrected chi connectivity index (χ2v) is 9.28. The Morgan fingerprint density at radius 2 is 1.83 bits per heavy atom. The maximum absolute atomic E-state index is 13.0. The van der Waals surface area contributed by atoms with Gasteiger partial charge in [-0.2, -0.15) is 0 Å². The summed E-state index contributed by atoms with van der Waals surface area (Å²) in [7, 11) is 0. The van der Waals surface area contributed by atoms with Crippen LogP contribution in [0.25, 0.3) is 10.9 Å². The van der Waals surface area contributed by atoms with Crippen molar-refractivity contribution in [2.24, 2.45) is 0 Å². The molecule has 1 fully saturated rings. The van der Waals surface area contributed by atoms with Crippen molar-refractivity contribution in [2.75, 3.05) is 26.2 Å². The summed E-state index contributed by atoms with van der Waals surface area (Å²) in [5.41, 5.74) is 1.52. The zero-order valence-electron chi connectivity index (χ0n) is 17.0. The van der Waals surface area contributed by atoms with Gasteiger partial charge < -0.3 is 10.2 Å². The van der Waals surface area contributed by atoms with Crippen LogP contribution in [0.5, 0.6) is 0 Å². The molecule has 3 aromatic rings. The molecule has 0 unspecified atom stereocenters. The molecule has 1 aliphatic heterocycles. The van der Waals surface area contributed by atoms with Gasteiger partial charge >= 0.3 is 0 Å². The Labute approximate surface area is 187 Å². The van der Waals surface area contributed by atoms with Crippen LogP contribution in [0.2, 0.25) is 5.02 Å². The predicted molar refractivity (Wildman–Crippen MR) is 124 cm³/mol. The quantitative estimate of drug-likeness (QED) is 0.540. The molecular weight excluding hydrogens is 414 g/mol. The third kappa shape index (κ3) is 5.54. The van der Waals surface area contributed by atoms with Crippen LogP contribution in [0.1, 0.15) is 36.0 Å². The Kier molecular flexibility index (Phi) is 7.26. The molecular formula is C24H27ClN3OS+. The van der Waals surface area contributed by atoms with Crippen molar-refractivity contribution < 1.29 is 9.69 Å². The molecule has 156 valence electrons. The highest BCUT2D eigenvalue weighted by atomic mass is 35.5. The number of halogens is 1. The zero-order chi connectivity index (χ0) is 20.8. The van der Waals surface area contributed by atoms with Crippen molar-refractivity contribution in [3.05, 3.63) is 65.2 Å². The molecule has 2 heterocycles. The van der Waals surface area contributed by atoms with E-state index in [-0.39, 0.29) is 5.91 Å². The number of para-hydroxylation sites is 1. The van der Waals surface area contributed by atoms with E-state index in [0.29, 0.717) is 17.1 Å². The number of likely N-dealkylation sites (tertiary alicyclic amines) is 1. The molecule has 4 nitrogen and oxygen atoms in total. The second-order valence-electron chi connectivity index (χ2n) is 7.75. The summed E-state index contributed by atoms with van der Waals surface area (Å²) < 4.78 is 0. The summed E-state index contributed by atoms with van der Waals surface area (Å²) in [6.07, 6.45) is 5.04. The number of pyridine rings is 1. The first-order valence-corrected chi connectivity index (χ1v) is 11.8. The Balaban J connectivity index is 1.45. The van der Waals surface area contributed by atoms with Crippen molar-refractivity contribution in [2.45, 2.75) is 35.6 Å². The molecule has 1 aromatic heterocycles. The molecule has 0 bridgehead atoms. The number of nitrogens with one attached hydrogen (secondary N) is 2. The van der Waals surface area contributed by atoms with Gasteiger partial charge in [-0.3, -0.25) is 4.79 Å². The molecule has 0 saturated carbocycles. The van der Waals surface area contributed by atoms with E-state index < -0.39 is 0 Å². The monoisotopic (exact) mass is 440 g/mol. The third-order valence-corrected chi connectivity index (χ3v) is 6.70. The Morgan fingerprint density at radius 3 is 2.63 bits per heavy atom. The van der Waals surface area contributed by atoms with E-state index in [1.54, 1.807) is 4.90 Å². The van der Waals surface area contributed by atoms with Gasteiger partial charge in [0.2, 0.25) is 0 Å². The van der Waals surface area contributed by atoms with E-state index in [0.717, 1.165) is 33.8 Å². The SMILES string of the molecule is O=C(NCCC[NH+]1CCCCC1)c1cc(Sc2ccc(Cl)cc2)nc2ccccc12. The number of hydrogen-bond acceptors (Lipinski definition) is 3. The van der Waals surface area contributed by atoms with E-state index in [4.69, 9.17) is 16.6 Å². The van der Waals surface area contributed by atoms with Crippen LogP contribution in [0.3, 0.4) is 0 Å². The van der Waals surface area contributed by atoms with Crippen LogP contribution in [-0.2, 0) is 0 Å². The maximum atomic E-state index is 13.0. The zero-order valence-corrected chi connectivity index (χ0v) is 18.6. The summed E-state index contributed by atoms with van der Waals surface area (Å²) in [6.45, 7) is 4.39. The first-order valence-electron chi connectivity index (χ1n) is 10.6. The summed E-state index contributed by atoms with van der Waals surface area (Å²) in [5.74, 6) is -0.0276. The summed E-state index contributed by atoms with van der Waals surface area (Å²) in [6, 6.07) is 17.4. The predicted octanol–water partition coefficient (Wildman–Crippen LogP) is 4.23. The lowest BCUT2D eigenvalue weighted by Crippen LogP contribution is -3.12. The van der Waals surface area contributed by atoms with Gasteiger partial charge in [-0.05, 0) is 55.7 Å². The first-order chi connectivity index (χ1) is 14.7. The number of benzene rings is 2. The average molecular weight is 441 g/mol. The van der Waals surface area contributed by atoms with E-state index in [2.05, 4.69) is 5.32 Å². The Hall–Kier alpha value is -2.08. The largest absolute Gasteiger partial charge is 0.352 e. The van der Waals surface area contributed by atoms with Gasteiger partial charge in [-0.15, -0.1) is 0 Å². The molecule has 0 spiro atoms. The fraction of sp³-hybridized carbons (Fsp3) is 0.333. The lowest BCUT2D eigenvalue weighted by molar-refractivity contribution is -0.904. The van der Waals surface area contributed by atoms with Crippen LogP contribution in [-0.4, -0.2) is 37.1 Å². The lowest BCUT2D eigenvalue weighted by Gasteiger charge is -2.23. The van der Waals surface area contributed by atoms with Gasteiger partial charge in [-0.1, -0.05) is 41.6 Å². The summed E-state index contributed by atoms with van der Waals surface area (Å²) >= 11 is 7.53. The van der Waals surface area contributed by atoms with Gasteiger partial charge in [0.15, 0.2) is 0 Å². The van der Waals surface area contributed by atoms with Gasteiger partial charge in [0, 0.05) is 28.3 Å². The molecule has 0 radical (unpaired) electrons. The van der Waals surface area contributed by atoms with E-state index in [9.17, 15) is 4.79 Å². The maximum Gasteiger partial charge on any atom is 0.252 e. The van der Waals surface area contributed by atoms with E-state index >= 15 is 0 Å². The number of aromatic nitrogens is 1. The molecule has 2 N–H and O–H groups in total. The highest BCUT2D eigenvalue weighted by Crippen LogP contribution is 2.30. The number of quaternary nitrogens is 1. The third-order valence-electron chi connectivity index (χ3n) is 5.53. The molecule has 1 saturated heterocycles. The second kappa shape index (κ2) is 10.3. The van der Waals surface area contributed by atoms with Crippen molar-refractivity contribution in [1.82, 2.24) is 10.3 Å². The minimum absolute atomic E-state index is 0.0276. The normalized spacial score (nSPS) is 14.7. The number of carbonyl (C=O) groups is 1. The highest BCUT2D eigenvalue weighted by Gasteiger charge is 2.15. The highest BCUT2D eigenvalue weighted by molar-refractivity contribution is 7.99. The smallest absolute Gasteiger partial charge is 0.252 e. The van der Waals surface area contributed by atoms with Crippen molar-refractivity contribution >= 4 is 40.2 Å². The molecule has 1 amide bonds. The lowest BCUT2D eigenvalue weighted by atomic mass is 10.1. The first kappa shape index (κ1) is 21.2. The minimum Gasteiger partial charge on any atom is -0.352 e. The van der Waals surface area contributed by atoms with Crippen LogP contribution in [0.15, 0.2) is 64.5 Å². The number of nitrogens with zero attached hydrogens (tertiary/aromatic N) is 1. The fourth-order valence-electron chi connectivity index (χ4n) is 3.95. The molecule has 2 aromatic carbocycles. The Morgan fingerprint density at radius 1 is 1.07 bits per heavy atom. The molecule has 0 atom stereocenters. The molecule has 6 heteroatoms. The standard InChI is InChI=1S/C24H26ClN3OS/c25-18-9-11-19(12-10-18)30-23-17-21(20-7-2-3-8-22(20)27-23)24(29)26-13-6-16-28-14-4-1-5-15-28/h2-3,7-12,17H,1,4-6,13-16H2,(H,26,29)/p+1. The number of fused-ring (bicyclic) bond motifs is 1. The van der Waals surface area contributed by atoms with E-state index in [1.165, 1.54) is 44.1 Å². The Bertz CT molecular complexity index is 1000. The topological polar surface area (TPSA) is 46.4 Å². The van der Waals surface area contributed by atoms with Gasteiger partial charge in [0.1, 0.15) is 5.03 Å². The van der Waals surface area contributed by atoms with Crippen LogP contribution in [0, 0.1) is 0 Å². The number of piperidine rings is 1. The average Bonchev–Trinajstić information content (AvgIpc) is 2.78. The van der Waals surface area contributed by atoms with Gasteiger partial charge in [0.25, 0.3) is 5.91 Å². The number of hydrogen-bond donors (Lipinski definition) is 2. The summed E-state index contributed by atoms with van der Waals surface area (Å²) in [5, 5.41) is 5.52. The van der Waals surface area contributed by atoms with Crippen molar-refractivity contribution in [3.8, 4) is 0 Å². The minimum atomic E-state index is -0.0276. The van der Waals surface area contributed by atoms with E-state index in [1.807, 2.05) is 54.6 Å². The number of carbonyl (C=O) groups excluding carboxylic acids is 1. The number of rotatable bonds is 7. The number of amides is 1. The molecule has 30 heavy (non-hydrogen) atoms. The fourth-order valence-corrected chi connectivity index (χ4v) is 4.91. The van der Waals surface area contributed by atoms with Crippen LogP contribution < -0.4 is 10.2 Å². The molecule has 0 aliphatic carbocycles. The van der Waals surface area contributed by atoms with Crippen molar-refractivity contribution in [3.63, 3.8) is 0 Å². The van der Waals surface area contributed by atoms with Gasteiger partial charge in [-0.25, -0.2) is 4.98 Å².